The number of anilines is 2. The number of nitrogens with zero attached hydrogens (tertiary/aromatic N) is 3. The quantitative estimate of drug-likeness (QED) is 0.907. The fourth-order valence-electron chi connectivity index (χ4n) is 1.96. The minimum Gasteiger partial charge on any atom is -0.370 e. The van der Waals surface area contributed by atoms with Crippen LogP contribution in [0.3, 0.4) is 0 Å². The van der Waals surface area contributed by atoms with Gasteiger partial charge in [0.1, 0.15) is 5.82 Å². The molecule has 0 aliphatic rings. The van der Waals surface area contributed by atoms with Gasteiger partial charge in [0.05, 0.1) is 0 Å². The Balaban J connectivity index is 2.27. The van der Waals surface area contributed by atoms with Crippen molar-refractivity contribution < 1.29 is 4.79 Å². The van der Waals surface area contributed by atoms with Crippen LogP contribution in [-0.2, 0) is 0 Å². The average molecular weight is 270 g/mol. The zero-order valence-electron chi connectivity index (χ0n) is 11.7. The van der Waals surface area contributed by atoms with Gasteiger partial charge in [-0.3, -0.25) is 9.78 Å². The summed E-state index contributed by atoms with van der Waals surface area (Å²) in [6, 6.07) is 7.16. The number of rotatable bonds is 5. The number of amides is 1. The Morgan fingerprint density at radius 3 is 2.60 bits per heavy atom. The number of aromatic nitrogens is 2. The summed E-state index contributed by atoms with van der Waals surface area (Å²) in [5.41, 5.74) is 1.46. The van der Waals surface area contributed by atoms with Crippen molar-refractivity contribution in [3.8, 4) is 0 Å². The molecular formula is C15H18N4O. The molecule has 5 nitrogen and oxygen atoms in total. The van der Waals surface area contributed by atoms with Crippen molar-refractivity contribution in [3.05, 3.63) is 48.4 Å². The van der Waals surface area contributed by atoms with Crippen LogP contribution in [0.2, 0.25) is 0 Å². The Morgan fingerprint density at radius 1 is 1.20 bits per heavy atom. The molecule has 0 saturated carbocycles. The Hall–Kier alpha value is -2.43. The lowest BCUT2D eigenvalue weighted by atomic mass is 10.2. The maximum Gasteiger partial charge on any atom is 0.258 e. The largest absolute Gasteiger partial charge is 0.370 e. The normalized spacial score (nSPS) is 10.1. The van der Waals surface area contributed by atoms with Crippen LogP contribution in [0.4, 0.5) is 11.5 Å². The molecule has 0 aliphatic heterocycles. The van der Waals surface area contributed by atoms with Gasteiger partial charge in [0.15, 0.2) is 0 Å². The Labute approximate surface area is 118 Å². The highest BCUT2D eigenvalue weighted by Gasteiger charge is 2.16. The van der Waals surface area contributed by atoms with Crippen molar-refractivity contribution in [2.24, 2.45) is 0 Å². The SMILES string of the molecule is CCNc1cc(C(=O)N(CC)c2ccncc2)ccn1. The third-order valence-electron chi connectivity index (χ3n) is 2.90. The lowest BCUT2D eigenvalue weighted by Gasteiger charge is -2.21. The van der Waals surface area contributed by atoms with Crippen LogP contribution in [0, 0.1) is 0 Å². The summed E-state index contributed by atoms with van der Waals surface area (Å²) in [6.45, 7) is 5.31. The van der Waals surface area contributed by atoms with Crippen LogP contribution in [0.5, 0.6) is 0 Å². The maximum absolute atomic E-state index is 12.6. The first-order valence-electron chi connectivity index (χ1n) is 6.68. The van der Waals surface area contributed by atoms with Gasteiger partial charge >= 0.3 is 0 Å². The van der Waals surface area contributed by atoms with E-state index in [1.54, 1.807) is 35.6 Å². The van der Waals surface area contributed by atoms with Crippen molar-refractivity contribution in [3.63, 3.8) is 0 Å². The standard InChI is InChI=1S/C15H18N4O/c1-3-17-14-11-12(5-10-18-14)15(20)19(4-2)13-6-8-16-9-7-13/h5-11H,3-4H2,1-2H3,(H,17,18). The van der Waals surface area contributed by atoms with Crippen molar-refractivity contribution in [2.75, 3.05) is 23.3 Å². The maximum atomic E-state index is 12.6. The molecule has 2 aromatic rings. The van der Waals surface area contributed by atoms with Crippen LogP contribution in [0.25, 0.3) is 0 Å². The highest BCUT2D eigenvalue weighted by molar-refractivity contribution is 6.06. The van der Waals surface area contributed by atoms with Gasteiger partial charge in [-0.25, -0.2) is 4.98 Å². The summed E-state index contributed by atoms with van der Waals surface area (Å²) in [5.74, 6) is 0.671. The van der Waals surface area contributed by atoms with Crippen molar-refractivity contribution in [1.82, 2.24) is 9.97 Å². The fraction of sp³-hybridized carbons (Fsp3) is 0.267. The monoisotopic (exact) mass is 270 g/mol. The number of hydrogen-bond acceptors (Lipinski definition) is 4. The van der Waals surface area contributed by atoms with Crippen LogP contribution < -0.4 is 10.2 Å². The van der Waals surface area contributed by atoms with E-state index >= 15 is 0 Å². The molecule has 0 radical (unpaired) electrons. The fourth-order valence-corrected chi connectivity index (χ4v) is 1.96. The molecule has 104 valence electrons. The van der Waals surface area contributed by atoms with Gasteiger partial charge in [-0.15, -0.1) is 0 Å². The molecule has 0 atom stereocenters. The summed E-state index contributed by atoms with van der Waals surface area (Å²) in [6.07, 6.45) is 5.01. The van der Waals surface area contributed by atoms with E-state index in [-0.39, 0.29) is 5.91 Å². The van der Waals surface area contributed by atoms with E-state index in [1.807, 2.05) is 26.0 Å². The van der Waals surface area contributed by atoms with Crippen LogP contribution >= 0.6 is 0 Å². The molecule has 0 aromatic carbocycles. The molecule has 0 spiro atoms. The average Bonchev–Trinajstić information content (AvgIpc) is 2.50. The molecule has 20 heavy (non-hydrogen) atoms. The lowest BCUT2D eigenvalue weighted by molar-refractivity contribution is 0.0988. The molecule has 0 saturated heterocycles. The van der Waals surface area contributed by atoms with E-state index in [0.29, 0.717) is 17.9 Å². The summed E-state index contributed by atoms with van der Waals surface area (Å²) in [4.78, 5) is 22.5. The predicted octanol–water partition coefficient (Wildman–Crippen LogP) is 2.58. The van der Waals surface area contributed by atoms with Gasteiger partial charge in [-0.2, -0.15) is 0 Å². The van der Waals surface area contributed by atoms with Gasteiger partial charge in [0.2, 0.25) is 0 Å². The summed E-state index contributed by atoms with van der Waals surface area (Å²) in [5, 5.41) is 3.11. The van der Waals surface area contributed by atoms with Crippen LogP contribution in [-0.4, -0.2) is 29.0 Å². The van der Waals surface area contributed by atoms with E-state index in [4.69, 9.17) is 0 Å². The summed E-state index contributed by atoms with van der Waals surface area (Å²) < 4.78 is 0. The predicted molar refractivity (Wildman–Crippen MR) is 80.0 cm³/mol. The zero-order valence-corrected chi connectivity index (χ0v) is 11.7. The van der Waals surface area contributed by atoms with E-state index in [1.165, 1.54) is 0 Å². The minimum absolute atomic E-state index is 0.0414. The van der Waals surface area contributed by atoms with E-state index in [9.17, 15) is 4.79 Å². The van der Waals surface area contributed by atoms with Gasteiger partial charge < -0.3 is 10.2 Å². The molecular weight excluding hydrogens is 252 g/mol. The molecule has 2 rings (SSSR count). The second-order valence-corrected chi connectivity index (χ2v) is 4.21. The molecule has 1 N–H and O–H groups in total. The molecule has 0 bridgehead atoms. The molecule has 0 aliphatic carbocycles. The first-order valence-corrected chi connectivity index (χ1v) is 6.68. The molecule has 5 heteroatoms. The Morgan fingerprint density at radius 2 is 1.95 bits per heavy atom. The van der Waals surface area contributed by atoms with Crippen molar-refractivity contribution in [1.29, 1.82) is 0 Å². The highest BCUT2D eigenvalue weighted by Crippen LogP contribution is 2.17. The number of carbonyl (C=O) groups is 1. The van der Waals surface area contributed by atoms with E-state index in [2.05, 4.69) is 15.3 Å². The van der Waals surface area contributed by atoms with E-state index in [0.717, 1.165) is 12.2 Å². The van der Waals surface area contributed by atoms with Gasteiger partial charge in [-0.1, -0.05) is 0 Å². The zero-order chi connectivity index (χ0) is 14.4. The first kappa shape index (κ1) is 14.0. The molecule has 1 amide bonds. The second-order valence-electron chi connectivity index (χ2n) is 4.21. The third kappa shape index (κ3) is 3.12. The first-order chi connectivity index (χ1) is 9.76. The molecule has 2 aromatic heterocycles. The molecule has 0 unspecified atom stereocenters. The summed E-state index contributed by atoms with van der Waals surface area (Å²) in [7, 11) is 0. The number of pyridine rings is 2. The van der Waals surface area contributed by atoms with Crippen molar-refractivity contribution >= 4 is 17.4 Å². The number of hydrogen-bond donors (Lipinski definition) is 1. The summed E-state index contributed by atoms with van der Waals surface area (Å²) >= 11 is 0. The molecule has 0 fully saturated rings. The smallest absolute Gasteiger partial charge is 0.258 e. The Bertz CT molecular complexity index is 571. The molecule has 2 heterocycles. The second kappa shape index (κ2) is 6.65. The minimum atomic E-state index is -0.0414. The number of carbonyl (C=O) groups excluding carboxylic acids is 1. The van der Waals surface area contributed by atoms with E-state index < -0.39 is 0 Å². The highest BCUT2D eigenvalue weighted by atomic mass is 16.2. The van der Waals surface area contributed by atoms with Gasteiger partial charge in [-0.05, 0) is 38.1 Å². The topological polar surface area (TPSA) is 58.1 Å². The lowest BCUT2D eigenvalue weighted by Crippen LogP contribution is -2.30. The van der Waals surface area contributed by atoms with Crippen LogP contribution in [0.1, 0.15) is 24.2 Å². The number of nitrogens with one attached hydrogen (secondary N) is 1. The Kier molecular flexibility index (Phi) is 4.65. The van der Waals surface area contributed by atoms with Crippen LogP contribution in [0.15, 0.2) is 42.9 Å². The van der Waals surface area contributed by atoms with Crippen molar-refractivity contribution in [2.45, 2.75) is 13.8 Å². The van der Waals surface area contributed by atoms with Gasteiger partial charge in [0.25, 0.3) is 5.91 Å². The van der Waals surface area contributed by atoms with Gasteiger partial charge in [0, 0.05) is 42.9 Å². The third-order valence-corrected chi connectivity index (χ3v) is 2.90.